The third-order valence-corrected chi connectivity index (χ3v) is 28.9. The molecule has 0 aliphatic rings. The van der Waals surface area contributed by atoms with Gasteiger partial charge in [-0.2, -0.15) is 0 Å². The van der Waals surface area contributed by atoms with Crippen LogP contribution in [0.1, 0.15) is 0 Å². The quantitative estimate of drug-likeness (QED) is 0.0524. The van der Waals surface area contributed by atoms with E-state index in [-0.39, 0.29) is 0 Å². The number of benzene rings is 26. The Morgan fingerprint density at radius 2 is 0.340 bits per heavy atom. The lowest BCUT2D eigenvalue weighted by Crippen LogP contribution is -2.12. The van der Waals surface area contributed by atoms with Crippen LogP contribution in [0.25, 0.3) is 153 Å². The molecule has 147 heavy (non-hydrogen) atoms. The van der Waals surface area contributed by atoms with Crippen LogP contribution in [0.5, 0.6) is 0 Å². The van der Waals surface area contributed by atoms with Gasteiger partial charge in [0.2, 0.25) is 0 Å². The van der Waals surface area contributed by atoms with Gasteiger partial charge in [-0.15, -0.1) is 0 Å². The topological polar surface area (TPSA) is 19.4 Å². The second-order valence-electron chi connectivity index (χ2n) is 37.7. The van der Waals surface area contributed by atoms with Gasteiger partial charge >= 0.3 is 0 Å². The zero-order valence-electron chi connectivity index (χ0n) is 82.0. The van der Waals surface area contributed by atoms with E-state index < -0.39 is 0 Å². The van der Waals surface area contributed by atoms with Crippen molar-refractivity contribution in [3.63, 3.8) is 0 Å². The van der Waals surface area contributed by atoms with E-state index in [1.54, 1.807) is 0 Å². The number of hydrogen-bond donors (Lipinski definition) is 0. The Hall–Kier alpha value is -19.1. The molecule has 0 unspecified atom stereocenters. The molecule has 0 spiro atoms. The molecule has 0 radical (unpaired) electrons. The fourth-order valence-corrected chi connectivity index (χ4v) is 21.2. The number of nitrogens with zero attached hydrogens (tertiary/aromatic N) is 6. The SMILES string of the molecule is CN(c1ccc(N(c2ccc(-c3ccccc3)cc2)c2ccc(-c3ccccc3)cc2)cc1)c1cc2ccccc2c2ccccc12.CN(c1ccc(N(c2ccc(-c3ccccc3)cc2)c2ccc(-c3ccccc3)cc2)cc1)c1ccc2c3cccc4cccc(c5cccc1c52)c43.CN(c1ccc(N(c2ccc(-c3ccccc3)cc2)c2ccc(-c3ccccc3)cc2)cc1)c1ccc2cc3ccccc3cc2c1. The van der Waals surface area contributed by atoms with Crippen LogP contribution >= 0.6 is 0 Å². The molecule has 0 atom stereocenters. The van der Waals surface area contributed by atoms with Crippen molar-refractivity contribution in [2.45, 2.75) is 0 Å². The zero-order chi connectivity index (χ0) is 98.5. The predicted molar refractivity (Wildman–Crippen MR) is 631 cm³/mol. The molecule has 0 saturated carbocycles. The Balaban J connectivity index is 0.000000118. The van der Waals surface area contributed by atoms with E-state index in [4.69, 9.17) is 0 Å². The minimum Gasteiger partial charge on any atom is -0.345 e. The molecule has 26 rings (SSSR count). The van der Waals surface area contributed by atoms with Gasteiger partial charge in [-0.25, -0.2) is 0 Å². The summed E-state index contributed by atoms with van der Waals surface area (Å²) in [6.07, 6.45) is 0. The summed E-state index contributed by atoms with van der Waals surface area (Å²) in [5.74, 6) is 0. The van der Waals surface area contributed by atoms with Crippen molar-refractivity contribution in [2.75, 3.05) is 50.5 Å². The normalized spacial score (nSPS) is 11.2. The van der Waals surface area contributed by atoms with Crippen molar-refractivity contribution >= 4 is 171 Å². The maximum atomic E-state index is 2.34. The van der Waals surface area contributed by atoms with Gasteiger partial charge in [-0.1, -0.05) is 394 Å². The van der Waals surface area contributed by atoms with E-state index in [1.807, 2.05) is 0 Å². The number of hydrogen-bond acceptors (Lipinski definition) is 6. The van der Waals surface area contributed by atoms with Crippen molar-refractivity contribution in [2.24, 2.45) is 0 Å². The highest BCUT2D eigenvalue weighted by atomic mass is 15.2. The lowest BCUT2D eigenvalue weighted by molar-refractivity contribution is 1.21. The first-order valence-corrected chi connectivity index (χ1v) is 50.4. The molecule has 26 aromatic rings. The van der Waals surface area contributed by atoms with Crippen molar-refractivity contribution in [3.05, 3.63) is 576 Å². The Labute approximate surface area is 858 Å². The molecule has 0 heterocycles. The third kappa shape index (κ3) is 18.4. The average molecular weight is 1880 g/mol. The molecule has 6 heteroatoms. The van der Waals surface area contributed by atoms with E-state index in [0.717, 1.165) is 73.9 Å². The first-order chi connectivity index (χ1) is 72.6. The van der Waals surface area contributed by atoms with E-state index in [2.05, 4.69) is 627 Å². The summed E-state index contributed by atoms with van der Waals surface area (Å²) in [6.45, 7) is 0. The lowest BCUT2D eigenvalue weighted by Gasteiger charge is -2.27. The molecular weight excluding hydrogens is 1780 g/mol. The van der Waals surface area contributed by atoms with Crippen LogP contribution in [0, 0.1) is 0 Å². The number of fused-ring (bicyclic) bond motifs is 7. The Bertz CT molecular complexity index is 8800. The Morgan fingerprint density at radius 3 is 0.701 bits per heavy atom. The summed E-state index contributed by atoms with van der Waals surface area (Å²) in [4.78, 5) is 13.9. The monoisotopic (exact) mass is 1880 g/mol. The third-order valence-electron chi connectivity index (χ3n) is 28.9. The second-order valence-corrected chi connectivity index (χ2v) is 37.7. The summed E-state index contributed by atoms with van der Waals surface area (Å²) in [6, 6.07) is 207. The van der Waals surface area contributed by atoms with E-state index in [1.165, 1.54) is 164 Å². The summed E-state index contributed by atoms with van der Waals surface area (Å²) in [5, 5.41) is 20.5. The summed E-state index contributed by atoms with van der Waals surface area (Å²) < 4.78 is 0. The maximum Gasteiger partial charge on any atom is 0.0494 e. The van der Waals surface area contributed by atoms with Crippen LogP contribution in [0.4, 0.5) is 85.3 Å². The fourth-order valence-electron chi connectivity index (χ4n) is 21.2. The molecule has 698 valence electrons. The molecule has 0 saturated heterocycles. The molecular formula is C141H104N6. The Kier molecular flexibility index (Phi) is 24.9. The fraction of sp³-hybridized carbons (Fsp3) is 0.0213. The van der Waals surface area contributed by atoms with Crippen LogP contribution < -0.4 is 29.4 Å². The highest BCUT2D eigenvalue weighted by Crippen LogP contribution is 2.49. The van der Waals surface area contributed by atoms with Gasteiger partial charge in [0.1, 0.15) is 0 Å². The maximum absolute atomic E-state index is 2.34. The number of anilines is 15. The van der Waals surface area contributed by atoms with Crippen LogP contribution in [0.15, 0.2) is 576 Å². The minimum atomic E-state index is 1.10. The first-order valence-electron chi connectivity index (χ1n) is 50.4. The van der Waals surface area contributed by atoms with Gasteiger partial charge in [0.15, 0.2) is 0 Å². The molecule has 0 aromatic heterocycles. The van der Waals surface area contributed by atoms with E-state index in [0.29, 0.717) is 0 Å². The minimum absolute atomic E-state index is 1.10. The van der Waals surface area contributed by atoms with Crippen molar-refractivity contribution in [1.29, 1.82) is 0 Å². The number of rotatable bonds is 21. The average Bonchev–Trinajstić information content (AvgIpc) is 0.711. The molecule has 0 fully saturated rings. The van der Waals surface area contributed by atoms with Crippen LogP contribution in [0.3, 0.4) is 0 Å². The second kappa shape index (κ2) is 40.5. The Morgan fingerprint density at radius 1 is 0.109 bits per heavy atom. The molecule has 0 aliphatic carbocycles. The largest absolute Gasteiger partial charge is 0.345 e. The van der Waals surface area contributed by atoms with Crippen molar-refractivity contribution in [3.8, 4) is 66.8 Å². The smallest absolute Gasteiger partial charge is 0.0494 e. The lowest BCUT2D eigenvalue weighted by atomic mass is 9.89. The highest BCUT2D eigenvalue weighted by Gasteiger charge is 2.24. The van der Waals surface area contributed by atoms with E-state index >= 15 is 0 Å². The highest BCUT2D eigenvalue weighted by molar-refractivity contribution is 6.34. The molecule has 0 bridgehead atoms. The standard InChI is InChI=1S/C51H36N2.2C45H34N2/c1-52(49-34-33-47-45-18-9-16-39-15-8-17-44(50(39)45)46-19-10-20-48(49)51(46)47)40-29-31-43(32-30-40)53(41-25-21-37(22-26-41)35-11-4-2-5-12-35)42-27-23-38(24-28-42)36-13-6-3-7-14-36;1-46(45-32-37-16-8-9-17-42(37)43-18-10-11-19-44(43)45)38-28-30-41(31-29-38)47(39-24-20-35(21-25-39)33-12-4-2-5-13-33)40-26-22-36(23-27-40)34-14-6-3-7-15-34;1-46(45-25-20-39-30-37-14-8-9-15-38(37)31-40(39)32-45)41-26-28-44(29-27-41)47(42-21-16-35(17-22-42)33-10-4-2-5-11-33)43-23-18-36(19-24-43)34-12-6-3-7-13-34/h2-34H,1H3;2*2-32H,1H3. The molecule has 0 N–H and O–H groups in total. The molecule has 6 nitrogen and oxygen atoms in total. The zero-order valence-corrected chi connectivity index (χ0v) is 82.0. The van der Waals surface area contributed by atoms with Gasteiger partial charge in [0.05, 0.1) is 0 Å². The van der Waals surface area contributed by atoms with Gasteiger partial charge in [0.25, 0.3) is 0 Å². The molecule has 0 aliphatic heterocycles. The summed E-state index contributed by atoms with van der Waals surface area (Å²) in [7, 11) is 6.48. The van der Waals surface area contributed by atoms with Gasteiger partial charge in [0, 0.05) is 117 Å². The van der Waals surface area contributed by atoms with Crippen LogP contribution in [-0.2, 0) is 0 Å². The van der Waals surface area contributed by atoms with E-state index in [9.17, 15) is 0 Å². The van der Waals surface area contributed by atoms with Crippen LogP contribution in [-0.4, -0.2) is 21.1 Å². The molecule has 26 aromatic carbocycles. The van der Waals surface area contributed by atoms with Crippen LogP contribution in [0.2, 0.25) is 0 Å². The predicted octanol–water partition coefficient (Wildman–Crippen LogP) is 39.4. The van der Waals surface area contributed by atoms with Crippen molar-refractivity contribution in [1.82, 2.24) is 0 Å². The van der Waals surface area contributed by atoms with Gasteiger partial charge in [-0.05, 0) is 324 Å². The van der Waals surface area contributed by atoms with Gasteiger partial charge in [-0.3, -0.25) is 0 Å². The van der Waals surface area contributed by atoms with Gasteiger partial charge < -0.3 is 29.4 Å². The molecule has 0 amide bonds. The van der Waals surface area contributed by atoms with Crippen molar-refractivity contribution < 1.29 is 0 Å². The summed E-state index contributed by atoms with van der Waals surface area (Å²) in [5.41, 5.74) is 31.4. The first kappa shape index (κ1) is 90.4. The summed E-state index contributed by atoms with van der Waals surface area (Å²) >= 11 is 0.